The van der Waals surface area contributed by atoms with Gasteiger partial charge in [0.25, 0.3) is 5.91 Å². The molecule has 0 aliphatic carbocycles. The molecule has 8 heteroatoms. The first-order valence-electron chi connectivity index (χ1n) is 9.20. The molecule has 1 fully saturated rings. The second-order valence-corrected chi connectivity index (χ2v) is 6.78. The molecule has 7 nitrogen and oxygen atoms in total. The van der Waals surface area contributed by atoms with Gasteiger partial charge >= 0.3 is 12.0 Å². The standard InChI is InChI=1S/C22H18FN3O4/c1-30-20(27)13-26-21(28)18(24-22(26)29)10-15-12-25(19-9-5-3-7-16(15)19)11-14-6-2-4-8-17(14)23/h2-10,12H,11,13H2,1H3,(H,24,29)/b18-10+. The minimum atomic E-state index is -0.693. The van der Waals surface area contributed by atoms with Crippen LogP contribution in [0, 0.1) is 5.82 Å². The van der Waals surface area contributed by atoms with E-state index in [1.807, 2.05) is 28.8 Å². The first-order chi connectivity index (χ1) is 14.5. The highest BCUT2D eigenvalue weighted by atomic mass is 19.1. The van der Waals surface area contributed by atoms with Crippen LogP contribution in [0.25, 0.3) is 17.0 Å². The van der Waals surface area contributed by atoms with Gasteiger partial charge in [0.05, 0.1) is 13.7 Å². The predicted octanol–water partition coefficient (Wildman–Crippen LogP) is 2.89. The third-order valence-corrected chi connectivity index (χ3v) is 4.89. The molecule has 1 aromatic heterocycles. The molecule has 0 unspecified atom stereocenters. The number of fused-ring (bicyclic) bond motifs is 1. The summed E-state index contributed by atoms with van der Waals surface area (Å²) in [6.45, 7) is -0.154. The molecule has 1 aliphatic rings. The number of urea groups is 1. The summed E-state index contributed by atoms with van der Waals surface area (Å²) in [5.74, 6) is -1.61. The highest BCUT2D eigenvalue weighted by Gasteiger charge is 2.35. The first-order valence-corrected chi connectivity index (χ1v) is 9.20. The minimum Gasteiger partial charge on any atom is -0.468 e. The van der Waals surface area contributed by atoms with Gasteiger partial charge in [-0.15, -0.1) is 0 Å². The van der Waals surface area contributed by atoms with Crippen LogP contribution in [0.15, 0.2) is 60.4 Å². The number of amides is 3. The third-order valence-electron chi connectivity index (χ3n) is 4.89. The number of imide groups is 1. The van der Waals surface area contributed by atoms with Crippen LogP contribution in [-0.2, 0) is 20.9 Å². The zero-order chi connectivity index (χ0) is 21.3. The number of aromatic nitrogens is 1. The molecule has 2 aromatic carbocycles. The summed E-state index contributed by atoms with van der Waals surface area (Å²) in [7, 11) is 1.18. The largest absolute Gasteiger partial charge is 0.468 e. The lowest BCUT2D eigenvalue weighted by Crippen LogP contribution is -2.36. The Labute approximate surface area is 171 Å². The molecular weight excluding hydrogens is 389 g/mol. The summed E-state index contributed by atoms with van der Waals surface area (Å²) in [5, 5.41) is 3.33. The Kier molecular flexibility index (Phi) is 5.05. The summed E-state index contributed by atoms with van der Waals surface area (Å²) in [6.07, 6.45) is 3.35. The SMILES string of the molecule is COC(=O)CN1C(=O)N/C(=C/c2cn(Cc3ccccc3F)c3ccccc23)C1=O. The van der Waals surface area contributed by atoms with E-state index in [2.05, 4.69) is 10.1 Å². The van der Waals surface area contributed by atoms with Crippen molar-refractivity contribution in [3.63, 3.8) is 0 Å². The molecule has 2 heterocycles. The number of methoxy groups -OCH3 is 1. The molecule has 0 bridgehead atoms. The number of halogens is 1. The number of esters is 1. The molecule has 4 rings (SSSR count). The van der Waals surface area contributed by atoms with Crippen molar-refractivity contribution >= 4 is 34.9 Å². The maximum Gasteiger partial charge on any atom is 0.329 e. The number of nitrogens with one attached hydrogen (secondary N) is 1. The molecule has 1 aliphatic heterocycles. The molecule has 152 valence electrons. The fraction of sp³-hybridized carbons (Fsp3) is 0.136. The van der Waals surface area contributed by atoms with Gasteiger partial charge in [0, 0.05) is 28.2 Å². The number of nitrogens with zero attached hydrogens (tertiary/aromatic N) is 2. The predicted molar refractivity (Wildman–Crippen MR) is 108 cm³/mol. The Balaban J connectivity index is 1.70. The van der Waals surface area contributed by atoms with Gasteiger partial charge in [-0.2, -0.15) is 0 Å². The van der Waals surface area contributed by atoms with Crippen molar-refractivity contribution in [1.29, 1.82) is 0 Å². The van der Waals surface area contributed by atoms with Crippen LogP contribution < -0.4 is 5.32 Å². The highest BCUT2D eigenvalue weighted by molar-refractivity contribution is 6.15. The summed E-state index contributed by atoms with van der Waals surface area (Å²) >= 11 is 0. The summed E-state index contributed by atoms with van der Waals surface area (Å²) < 4.78 is 20.5. The van der Waals surface area contributed by atoms with Crippen LogP contribution in [-0.4, -0.2) is 41.0 Å². The average Bonchev–Trinajstić information content (AvgIpc) is 3.22. The Bertz CT molecular complexity index is 1200. The Hall–Kier alpha value is -3.94. The van der Waals surface area contributed by atoms with E-state index in [1.54, 1.807) is 30.5 Å². The zero-order valence-electron chi connectivity index (χ0n) is 16.1. The van der Waals surface area contributed by atoms with Gasteiger partial charge in [-0.25, -0.2) is 14.1 Å². The number of carbonyl (C=O) groups is 3. The number of carbonyl (C=O) groups excluding carboxylic acids is 3. The van der Waals surface area contributed by atoms with Crippen LogP contribution in [0.4, 0.5) is 9.18 Å². The van der Waals surface area contributed by atoms with Crippen molar-refractivity contribution in [3.05, 3.63) is 77.4 Å². The van der Waals surface area contributed by atoms with E-state index in [0.29, 0.717) is 17.7 Å². The van der Waals surface area contributed by atoms with E-state index in [-0.39, 0.29) is 11.5 Å². The van der Waals surface area contributed by atoms with Crippen molar-refractivity contribution < 1.29 is 23.5 Å². The van der Waals surface area contributed by atoms with E-state index >= 15 is 0 Å². The Morgan fingerprint density at radius 1 is 1.13 bits per heavy atom. The number of ether oxygens (including phenoxy) is 1. The topological polar surface area (TPSA) is 80.6 Å². The highest BCUT2D eigenvalue weighted by Crippen LogP contribution is 2.26. The molecule has 3 aromatic rings. The lowest BCUT2D eigenvalue weighted by atomic mass is 10.1. The lowest BCUT2D eigenvalue weighted by Gasteiger charge is -2.08. The van der Waals surface area contributed by atoms with Crippen LogP contribution >= 0.6 is 0 Å². The van der Waals surface area contributed by atoms with Gasteiger partial charge in [0.15, 0.2) is 0 Å². The van der Waals surface area contributed by atoms with E-state index in [1.165, 1.54) is 13.2 Å². The van der Waals surface area contributed by atoms with Crippen molar-refractivity contribution in [2.24, 2.45) is 0 Å². The molecule has 0 spiro atoms. The maximum atomic E-state index is 14.1. The smallest absolute Gasteiger partial charge is 0.329 e. The monoisotopic (exact) mass is 407 g/mol. The van der Waals surface area contributed by atoms with Crippen molar-refractivity contribution in [1.82, 2.24) is 14.8 Å². The van der Waals surface area contributed by atoms with Gasteiger partial charge in [-0.05, 0) is 18.2 Å². The fourth-order valence-corrected chi connectivity index (χ4v) is 3.40. The number of benzene rings is 2. The van der Waals surface area contributed by atoms with Crippen LogP contribution in [0.3, 0.4) is 0 Å². The summed E-state index contributed by atoms with van der Waals surface area (Å²) in [6, 6.07) is 13.4. The van der Waals surface area contributed by atoms with Gasteiger partial charge in [-0.3, -0.25) is 9.59 Å². The molecule has 3 amide bonds. The lowest BCUT2D eigenvalue weighted by molar-refractivity contribution is -0.143. The fourth-order valence-electron chi connectivity index (χ4n) is 3.40. The van der Waals surface area contributed by atoms with Crippen LogP contribution in [0.2, 0.25) is 0 Å². The van der Waals surface area contributed by atoms with Gasteiger partial charge in [0.2, 0.25) is 0 Å². The van der Waals surface area contributed by atoms with Crippen molar-refractivity contribution in [2.75, 3.05) is 13.7 Å². The maximum absolute atomic E-state index is 14.1. The molecule has 1 N–H and O–H groups in total. The molecular formula is C22H18FN3O4. The van der Waals surface area contributed by atoms with E-state index in [9.17, 15) is 18.8 Å². The minimum absolute atomic E-state index is 0.0534. The van der Waals surface area contributed by atoms with Crippen molar-refractivity contribution in [2.45, 2.75) is 6.54 Å². The Morgan fingerprint density at radius 2 is 1.87 bits per heavy atom. The third kappa shape index (κ3) is 3.55. The van der Waals surface area contributed by atoms with Crippen molar-refractivity contribution in [3.8, 4) is 0 Å². The van der Waals surface area contributed by atoms with E-state index in [4.69, 9.17) is 0 Å². The molecule has 1 saturated heterocycles. The second kappa shape index (κ2) is 7.82. The Morgan fingerprint density at radius 3 is 2.63 bits per heavy atom. The normalized spacial score (nSPS) is 15.1. The number of hydrogen-bond donors (Lipinski definition) is 1. The number of para-hydroxylation sites is 1. The van der Waals surface area contributed by atoms with E-state index < -0.39 is 24.5 Å². The van der Waals surface area contributed by atoms with Gasteiger partial charge < -0.3 is 14.6 Å². The quantitative estimate of drug-likeness (QED) is 0.401. The first kappa shape index (κ1) is 19.4. The number of rotatable bonds is 5. The number of hydrogen-bond acceptors (Lipinski definition) is 4. The zero-order valence-corrected chi connectivity index (χ0v) is 16.1. The molecule has 30 heavy (non-hydrogen) atoms. The van der Waals surface area contributed by atoms with Gasteiger partial charge in [-0.1, -0.05) is 36.4 Å². The summed E-state index contributed by atoms with van der Waals surface area (Å²) in [5.41, 5.74) is 2.13. The molecule has 0 radical (unpaired) electrons. The summed E-state index contributed by atoms with van der Waals surface area (Å²) in [4.78, 5) is 36.9. The second-order valence-electron chi connectivity index (χ2n) is 6.78. The average molecular weight is 407 g/mol. The van der Waals surface area contributed by atoms with Crippen LogP contribution in [0.1, 0.15) is 11.1 Å². The van der Waals surface area contributed by atoms with Gasteiger partial charge in [0.1, 0.15) is 18.1 Å². The molecule has 0 atom stereocenters. The molecule has 0 saturated carbocycles. The van der Waals surface area contributed by atoms with E-state index in [0.717, 1.165) is 15.8 Å². The van der Waals surface area contributed by atoms with Crippen LogP contribution in [0.5, 0.6) is 0 Å².